The molecule has 0 bridgehead atoms. The van der Waals surface area contributed by atoms with Crippen molar-refractivity contribution < 1.29 is 13.6 Å². The Morgan fingerprint density at radius 3 is 2.48 bits per heavy atom. The maximum absolute atomic E-state index is 13.9. The van der Waals surface area contributed by atoms with Crippen LogP contribution < -0.4 is 10.6 Å². The van der Waals surface area contributed by atoms with Gasteiger partial charge in [0.1, 0.15) is 11.6 Å². The third-order valence-corrected chi connectivity index (χ3v) is 4.92. The second kappa shape index (κ2) is 7.18. The normalized spacial score (nSPS) is 17.8. The van der Waals surface area contributed by atoms with Gasteiger partial charge in [0.05, 0.1) is 15.7 Å². The van der Waals surface area contributed by atoms with E-state index in [0.29, 0.717) is 52.8 Å². The molecule has 0 aliphatic carbocycles. The third kappa shape index (κ3) is 3.88. The zero-order valence-corrected chi connectivity index (χ0v) is 14.7. The molecule has 0 unspecified atom stereocenters. The summed E-state index contributed by atoms with van der Waals surface area (Å²) in [5.41, 5.74) is 6.97. The SMILES string of the molecule is Nc1cc(Cl)c(N2C[C@@H](Cc3ccc(F)cc3F)CCC2=O)c(Cl)c1. The van der Waals surface area contributed by atoms with E-state index in [2.05, 4.69) is 0 Å². The Labute approximate surface area is 154 Å². The number of halogens is 4. The molecule has 3 rings (SSSR count). The first-order valence-corrected chi connectivity index (χ1v) is 8.59. The van der Waals surface area contributed by atoms with Gasteiger partial charge in [0.25, 0.3) is 0 Å². The highest BCUT2D eigenvalue weighted by Gasteiger charge is 2.30. The molecular weight excluding hydrogens is 369 g/mol. The average molecular weight is 385 g/mol. The van der Waals surface area contributed by atoms with E-state index in [1.807, 2.05) is 0 Å². The van der Waals surface area contributed by atoms with E-state index in [0.717, 1.165) is 6.07 Å². The molecule has 1 aliphatic rings. The fourth-order valence-electron chi connectivity index (χ4n) is 3.14. The first-order valence-electron chi connectivity index (χ1n) is 7.84. The lowest BCUT2D eigenvalue weighted by Crippen LogP contribution is -2.41. The van der Waals surface area contributed by atoms with Crippen molar-refractivity contribution in [2.75, 3.05) is 17.2 Å². The number of carbonyl (C=O) groups is 1. The van der Waals surface area contributed by atoms with E-state index >= 15 is 0 Å². The fraction of sp³-hybridized carbons (Fsp3) is 0.278. The molecule has 7 heteroatoms. The number of carbonyl (C=O) groups excluding carboxylic acids is 1. The molecule has 3 nitrogen and oxygen atoms in total. The molecule has 1 saturated heterocycles. The van der Waals surface area contributed by atoms with Crippen LogP contribution in [-0.4, -0.2) is 12.5 Å². The number of rotatable bonds is 3. The van der Waals surface area contributed by atoms with Gasteiger partial charge >= 0.3 is 0 Å². The van der Waals surface area contributed by atoms with Gasteiger partial charge < -0.3 is 10.6 Å². The predicted octanol–water partition coefficient (Wildman–Crippen LogP) is 4.84. The van der Waals surface area contributed by atoms with E-state index in [4.69, 9.17) is 28.9 Å². The van der Waals surface area contributed by atoms with Crippen LogP contribution in [0.15, 0.2) is 30.3 Å². The molecule has 1 fully saturated rings. The maximum atomic E-state index is 13.9. The molecule has 0 spiro atoms. The van der Waals surface area contributed by atoms with Crippen molar-refractivity contribution in [2.24, 2.45) is 5.92 Å². The quantitative estimate of drug-likeness (QED) is 0.769. The summed E-state index contributed by atoms with van der Waals surface area (Å²) in [7, 11) is 0. The number of nitrogens with two attached hydrogens (primary N) is 1. The van der Waals surface area contributed by atoms with Crippen LogP contribution in [0.1, 0.15) is 18.4 Å². The highest BCUT2D eigenvalue weighted by Crippen LogP contribution is 2.38. The minimum atomic E-state index is -0.609. The van der Waals surface area contributed by atoms with Crippen molar-refractivity contribution in [1.29, 1.82) is 0 Å². The molecular formula is C18H16Cl2F2N2O. The molecule has 1 atom stereocenters. The molecule has 1 heterocycles. The summed E-state index contributed by atoms with van der Waals surface area (Å²) in [6.45, 7) is 0.360. The van der Waals surface area contributed by atoms with Gasteiger partial charge in [-0.25, -0.2) is 8.78 Å². The number of hydrogen-bond acceptors (Lipinski definition) is 2. The lowest BCUT2D eigenvalue weighted by atomic mass is 9.90. The number of anilines is 2. The van der Waals surface area contributed by atoms with Crippen LogP contribution in [0.4, 0.5) is 20.2 Å². The fourth-order valence-corrected chi connectivity index (χ4v) is 3.85. The third-order valence-electron chi connectivity index (χ3n) is 4.34. The van der Waals surface area contributed by atoms with E-state index in [1.165, 1.54) is 17.0 Å². The van der Waals surface area contributed by atoms with Crippen molar-refractivity contribution in [3.05, 3.63) is 57.6 Å². The summed E-state index contributed by atoms with van der Waals surface area (Å²) in [4.78, 5) is 13.9. The second-order valence-corrected chi connectivity index (χ2v) is 7.00. The number of hydrogen-bond donors (Lipinski definition) is 1. The lowest BCUT2D eigenvalue weighted by Gasteiger charge is -2.34. The first kappa shape index (κ1) is 18.0. The number of amides is 1. The van der Waals surface area contributed by atoms with Gasteiger partial charge in [0.15, 0.2) is 0 Å². The molecule has 0 radical (unpaired) electrons. The van der Waals surface area contributed by atoms with Gasteiger partial charge in [-0.1, -0.05) is 29.3 Å². The van der Waals surface area contributed by atoms with Gasteiger partial charge in [-0.05, 0) is 42.5 Å². The largest absolute Gasteiger partial charge is 0.399 e. The van der Waals surface area contributed by atoms with Crippen molar-refractivity contribution >= 4 is 40.5 Å². The number of nitrogens with zero attached hydrogens (tertiary/aromatic N) is 1. The van der Waals surface area contributed by atoms with Gasteiger partial charge in [-0.15, -0.1) is 0 Å². The highest BCUT2D eigenvalue weighted by molar-refractivity contribution is 6.40. The Hall–Kier alpha value is -1.85. The van der Waals surface area contributed by atoms with Gasteiger partial charge in [0, 0.05) is 24.7 Å². The Morgan fingerprint density at radius 1 is 1.16 bits per heavy atom. The van der Waals surface area contributed by atoms with Crippen molar-refractivity contribution in [1.82, 2.24) is 0 Å². The van der Waals surface area contributed by atoms with E-state index in [1.54, 1.807) is 12.1 Å². The average Bonchev–Trinajstić information content (AvgIpc) is 2.52. The molecule has 1 aliphatic heterocycles. The lowest BCUT2D eigenvalue weighted by molar-refractivity contribution is -0.120. The van der Waals surface area contributed by atoms with Crippen LogP contribution in [0.2, 0.25) is 10.0 Å². The summed E-state index contributed by atoms with van der Waals surface area (Å²) >= 11 is 12.4. The van der Waals surface area contributed by atoms with Gasteiger partial charge in [-0.3, -0.25) is 4.79 Å². The molecule has 132 valence electrons. The standard InChI is InChI=1S/C18H16Cl2F2N2O/c19-14-7-13(23)8-15(20)18(14)24-9-10(1-4-17(24)25)5-11-2-3-12(21)6-16(11)22/h2-3,6-8,10H,1,4-5,9,23H2/t10-/m1/s1. The minimum Gasteiger partial charge on any atom is -0.399 e. The van der Waals surface area contributed by atoms with Crippen LogP contribution in [0.5, 0.6) is 0 Å². The zero-order valence-electron chi connectivity index (χ0n) is 13.2. The van der Waals surface area contributed by atoms with Crippen LogP contribution in [0.25, 0.3) is 0 Å². The topological polar surface area (TPSA) is 46.3 Å². The van der Waals surface area contributed by atoms with Gasteiger partial charge in [0.2, 0.25) is 5.91 Å². The molecule has 1 amide bonds. The molecule has 2 aromatic rings. The summed E-state index contributed by atoms with van der Waals surface area (Å²) in [5.74, 6) is -1.26. The Kier molecular flexibility index (Phi) is 5.16. The minimum absolute atomic E-state index is 0.0161. The van der Waals surface area contributed by atoms with Crippen LogP contribution in [-0.2, 0) is 11.2 Å². The maximum Gasteiger partial charge on any atom is 0.227 e. The highest BCUT2D eigenvalue weighted by atomic mass is 35.5. The summed E-state index contributed by atoms with van der Waals surface area (Å²) in [6.07, 6.45) is 1.33. The van der Waals surface area contributed by atoms with Crippen molar-refractivity contribution in [2.45, 2.75) is 19.3 Å². The van der Waals surface area contributed by atoms with Crippen LogP contribution in [0, 0.1) is 17.6 Å². The zero-order chi connectivity index (χ0) is 18.1. The van der Waals surface area contributed by atoms with Crippen LogP contribution >= 0.6 is 23.2 Å². The smallest absolute Gasteiger partial charge is 0.227 e. The Balaban J connectivity index is 1.84. The first-order chi connectivity index (χ1) is 11.8. The van der Waals surface area contributed by atoms with Crippen molar-refractivity contribution in [3.8, 4) is 0 Å². The molecule has 2 N–H and O–H groups in total. The molecule has 0 aromatic heterocycles. The number of nitrogen functional groups attached to an aromatic ring is 1. The number of piperidine rings is 1. The molecule has 0 saturated carbocycles. The second-order valence-electron chi connectivity index (χ2n) is 6.18. The number of benzene rings is 2. The molecule has 25 heavy (non-hydrogen) atoms. The van der Waals surface area contributed by atoms with E-state index < -0.39 is 11.6 Å². The van der Waals surface area contributed by atoms with Crippen LogP contribution in [0.3, 0.4) is 0 Å². The van der Waals surface area contributed by atoms with Gasteiger partial charge in [-0.2, -0.15) is 0 Å². The Morgan fingerprint density at radius 2 is 1.84 bits per heavy atom. The molecule has 2 aromatic carbocycles. The van der Waals surface area contributed by atoms with E-state index in [9.17, 15) is 13.6 Å². The Bertz CT molecular complexity index is 806. The summed E-state index contributed by atoms with van der Waals surface area (Å²) in [6, 6.07) is 6.62. The predicted molar refractivity (Wildman–Crippen MR) is 96.0 cm³/mol. The van der Waals surface area contributed by atoms with E-state index in [-0.39, 0.29) is 11.8 Å². The summed E-state index contributed by atoms with van der Waals surface area (Å²) in [5, 5.41) is 0.596. The monoisotopic (exact) mass is 384 g/mol. The summed E-state index contributed by atoms with van der Waals surface area (Å²) < 4.78 is 26.9. The van der Waals surface area contributed by atoms with Crippen molar-refractivity contribution in [3.63, 3.8) is 0 Å².